The number of likely N-dealkylation sites (tertiary alicyclic amines) is 1. The van der Waals surface area contributed by atoms with Crippen LogP contribution >= 0.6 is 0 Å². The standard InChI is InChI=1S/C19H33BNO/c1-13(2)19-7-5-6-17-15(8-16(10-19)20-19)9-18(11-22-12-18)21(17)14(3)4/h13-17H,5-12H2,1-4H3. The number of nitrogens with zero attached hydrogens (tertiary/aromatic N) is 1. The number of fused-ring (bicyclic) bond motifs is 2. The molecule has 4 saturated heterocycles. The predicted octanol–water partition coefficient (Wildman–Crippen LogP) is 4.14. The van der Waals surface area contributed by atoms with Gasteiger partial charge in [-0.2, -0.15) is 0 Å². The first-order chi connectivity index (χ1) is 10.5. The Morgan fingerprint density at radius 3 is 2.41 bits per heavy atom. The Labute approximate surface area is 137 Å². The fourth-order valence-electron chi connectivity index (χ4n) is 6.47. The lowest BCUT2D eigenvalue weighted by atomic mass is 9.27. The van der Waals surface area contributed by atoms with Crippen LogP contribution in [0.2, 0.25) is 11.1 Å². The van der Waals surface area contributed by atoms with Gasteiger partial charge in [0.1, 0.15) is 7.28 Å². The third kappa shape index (κ3) is 2.14. The quantitative estimate of drug-likeness (QED) is 0.711. The van der Waals surface area contributed by atoms with Gasteiger partial charge < -0.3 is 4.74 Å². The molecule has 3 heteroatoms. The van der Waals surface area contributed by atoms with E-state index in [9.17, 15) is 0 Å². The summed E-state index contributed by atoms with van der Waals surface area (Å²) in [4.78, 5) is 2.88. The molecule has 5 aliphatic rings. The molecule has 22 heavy (non-hydrogen) atoms. The van der Waals surface area contributed by atoms with Gasteiger partial charge in [-0.25, -0.2) is 0 Å². The molecule has 5 rings (SSSR count). The fourth-order valence-corrected chi connectivity index (χ4v) is 6.47. The molecule has 4 heterocycles. The van der Waals surface area contributed by atoms with E-state index in [4.69, 9.17) is 4.74 Å². The molecule has 123 valence electrons. The molecule has 0 aromatic heterocycles. The second-order valence-corrected chi connectivity index (χ2v) is 9.40. The van der Waals surface area contributed by atoms with E-state index in [-0.39, 0.29) is 0 Å². The lowest BCUT2D eigenvalue weighted by Crippen LogP contribution is -2.62. The Morgan fingerprint density at radius 1 is 1.14 bits per heavy atom. The zero-order valence-corrected chi connectivity index (χ0v) is 15.0. The van der Waals surface area contributed by atoms with Gasteiger partial charge in [-0.15, -0.1) is 0 Å². The molecule has 1 aliphatic carbocycles. The van der Waals surface area contributed by atoms with Crippen LogP contribution in [-0.2, 0) is 4.74 Å². The third-order valence-corrected chi connectivity index (χ3v) is 7.50. The van der Waals surface area contributed by atoms with Crippen molar-refractivity contribution in [3.05, 3.63) is 0 Å². The summed E-state index contributed by atoms with van der Waals surface area (Å²) in [7, 11) is 2.77. The van der Waals surface area contributed by atoms with Crippen molar-refractivity contribution in [2.75, 3.05) is 13.2 Å². The van der Waals surface area contributed by atoms with Crippen LogP contribution < -0.4 is 0 Å². The van der Waals surface area contributed by atoms with Crippen molar-refractivity contribution in [3.63, 3.8) is 0 Å². The minimum atomic E-state index is 0.404. The Hall–Kier alpha value is -0.0151. The SMILES string of the molecule is CC(C)N1C2CCCC3(C(C)C)[B]C(CC2CC12COC2)C3. The van der Waals surface area contributed by atoms with E-state index in [2.05, 4.69) is 39.9 Å². The molecule has 0 aromatic carbocycles. The van der Waals surface area contributed by atoms with E-state index in [0.29, 0.717) is 16.9 Å². The molecule has 0 aromatic rings. The summed E-state index contributed by atoms with van der Waals surface area (Å²) in [5, 5.41) is 0.587. The van der Waals surface area contributed by atoms with Crippen molar-refractivity contribution in [1.29, 1.82) is 0 Å². The molecular formula is C19H33BNO. The summed E-state index contributed by atoms with van der Waals surface area (Å²) < 4.78 is 5.67. The molecular weight excluding hydrogens is 269 g/mol. The Kier molecular flexibility index (Phi) is 3.70. The van der Waals surface area contributed by atoms with Crippen LogP contribution in [0.4, 0.5) is 0 Å². The van der Waals surface area contributed by atoms with Crippen molar-refractivity contribution < 1.29 is 4.74 Å². The minimum absolute atomic E-state index is 0.404. The van der Waals surface area contributed by atoms with Crippen LogP contribution in [-0.4, -0.2) is 43.0 Å². The van der Waals surface area contributed by atoms with Crippen LogP contribution in [0.5, 0.6) is 0 Å². The van der Waals surface area contributed by atoms with Crippen molar-refractivity contribution >= 4 is 7.28 Å². The van der Waals surface area contributed by atoms with E-state index >= 15 is 0 Å². The first-order valence-electron chi connectivity index (χ1n) is 9.68. The van der Waals surface area contributed by atoms with Crippen LogP contribution in [0.15, 0.2) is 0 Å². The molecule has 4 aliphatic heterocycles. The highest BCUT2D eigenvalue weighted by molar-refractivity contribution is 6.46. The van der Waals surface area contributed by atoms with Gasteiger partial charge in [0.05, 0.1) is 18.8 Å². The molecule has 1 saturated carbocycles. The van der Waals surface area contributed by atoms with Crippen molar-refractivity contribution in [3.8, 4) is 0 Å². The summed E-state index contributed by atoms with van der Waals surface area (Å²) in [6.07, 6.45) is 8.58. The average Bonchev–Trinajstić information content (AvgIpc) is 2.72. The highest BCUT2D eigenvalue weighted by atomic mass is 16.5. The van der Waals surface area contributed by atoms with E-state index in [1.807, 2.05) is 0 Å². The van der Waals surface area contributed by atoms with E-state index in [1.165, 1.54) is 38.5 Å². The molecule has 1 radical (unpaired) electrons. The number of hydrogen-bond acceptors (Lipinski definition) is 2. The van der Waals surface area contributed by atoms with Gasteiger partial charge in [-0.1, -0.05) is 50.7 Å². The van der Waals surface area contributed by atoms with Gasteiger partial charge in [0.2, 0.25) is 0 Å². The minimum Gasteiger partial charge on any atom is -0.377 e. The Bertz CT molecular complexity index is 425. The Balaban J connectivity index is 1.55. The molecule has 2 bridgehead atoms. The monoisotopic (exact) mass is 302 g/mol. The topological polar surface area (TPSA) is 12.5 Å². The van der Waals surface area contributed by atoms with Crippen molar-refractivity contribution in [2.45, 2.75) is 95.0 Å². The first kappa shape index (κ1) is 15.5. The number of ether oxygens (including phenoxy) is 1. The first-order valence-corrected chi connectivity index (χ1v) is 9.68. The van der Waals surface area contributed by atoms with E-state index in [0.717, 1.165) is 36.9 Å². The lowest BCUT2D eigenvalue weighted by molar-refractivity contribution is -0.141. The summed E-state index contributed by atoms with van der Waals surface area (Å²) in [6.45, 7) is 11.7. The van der Waals surface area contributed by atoms with Gasteiger partial charge in [0, 0.05) is 12.1 Å². The predicted molar refractivity (Wildman–Crippen MR) is 92.5 cm³/mol. The van der Waals surface area contributed by atoms with Gasteiger partial charge in [0.25, 0.3) is 0 Å². The summed E-state index contributed by atoms with van der Waals surface area (Å²) >= 11 is 0. The zero-order chi connectivity index (χ0) is 15.5. The molecule has 0 N–H and O–H groups in total. The Morgan fingerprint density at radius 2 is 1.86 bits per heavy atom. The number of hydrogen-bond donors (Lipinski definition) is 0. The van der Waals surface area contributed by atoms with Crippen LogP contribution in [0, 0.1) is 11.8 Å². The smallest absolute Gasteiger partial charge is 0.122 e. The van der Waals surface area contributed by atoms with Gasteiger partial charge in [-0.3, -0.25) is 4.90 Å². The average molecular weight is 302 g/mol. The maximum Gasteiger partial charge on any atom is 0.122 e. The zero-order valence-electron chi connectivity index (χ0n) is 15.0. The van der Waals surface area contributed by atoms with Crippen LogP contribution in [0.1, 0.15) is 66.2 Å². The summed E-state index contributed by atoms with van der Waals surface area (Å²) in [6, 6.07) is 1.48. The molecule has 4 unspecified atom stereocenters. The molecule has 4 atom stereocenters. The van der Waals surface area contributed by atoms with E-state index < -0.39 is 0 Å². The molecule has 1 spiro atoms. The highest BCUT2D eigenvalue weighted by Gasteiger charge is 2.58. The van der Waals surface area contributed by atoms with E-state index in [1.54, 1.807) is 0 Å². The normalized spacial score (nSPS) is 43.8. The molecule has 0 amide bonds. The van der Waals surface area contributed by atoms with Gasteiger partial charge in [0.15, 0.2) is 0 Å². The highest BCUT2D eigenvalue weighted by Crippen LogP contribution is 2.62. The van der Waals surface area contributed by atoms with Crippen molar-refractivity contribution in [1.82, 2.24) is 4.90 Å². The number of rotatable bonds is 2. The third-order valence-electron chi connectivity index (χ3n) is 7.50. The van der Waals surface area contributed by atoms with Gasteiger partial charge >= 0.3 is 0 Å². The summed E-state index contributed by atoms with van der Waals surface area (Å²) in [5.74, 6) is 2.64. The largest absolute Gasteiger partial charge is 0.377 e. The van der Waals surface area contributed by atoms with Crippen LogP contribution in [0.25, 0.3) is 0 Å². The maximum atomic E-state index is 5.67. The molecule has 5 fully saturated rings. The lowest BCUT2D eigenvalue weighted by Gasteiger charge is -2.51. The second kappa shape index (κ2) is 5.24. The maximum absolute atomic E-state index is 5.67. The summed E-state index contributed by atoms with van der Waals surface area (Å²) in [5.41, 5.74) is 0.404. The van der Waals surface area contributed by atoms with Crippen LogP contribution in [0.3, 0.4) is 0 Å². The van der Waals surface area contributed by atoms with Gasteiger partial charge in [-0.05, 0) is 38.5 Å². The molecule has 2 nitrogen and oxygen atoms in total. The van der Waals surface area contributed by atoms with Crippen molar-refractivity contribution in [2.24, 2.45) is 11.8 Å². The second-order valence-electron chi connectivity index (χ2n) is 9.40. The fraction of sp³-hybridized carbons (Fsp3) is 1.00.